The number of amides is 2. The van der Waals surface area contributed by atoms with Crippen LogP contribution >= 0.6 is 11.6 Å². The van der Waals surface area contributed by atoms with Gasteiger partial charge in [0.25, 0.3) is 5.91 Å². The molecule has 0 fully saturated rings. The lowest BCUT2D eigenvalue weighted by Crippen LogP contribution is -2.47. The Morgan fingerprint density at radius 1 is 0.861 bits per heavy atom. The van der Waals surface area contributed by atoms with Crippen molar-refractivity contribution in [3.05, 3.63) is 113 Å². The van der Waals surface area contributed by atoms with E-state index in [1.807, 2.05) is 54.6 Å². The van der Waals surface area contributed by atoms with E-state index in [-0.39, 0.29) is 28.7 Å². The highest BCUT2D eigenvalue weighted by Crippen LogP contribution is 2.29. The van der Waals surface area contributed by atoms with Crippen molar-refractivity contribution in [1.82, 2.24) is 10.6 Å². The van der Waals surface area contributed by atoms with Crippen molar-refractivity contribution in [3.8, 4) is 28.0 Å². The van der Waals surface area contributed by atoms with E-state index in [4.69, 9.17) is 11.6 Å². The SMILES string of the molecule is CNC(=O)C(Cc1ccc(-c2ccccc2)cc1)NC(=O)c1cc(-c2ccc(F)c(Cl)c2)ccc1O. The molecule has 0 aliphatic heterocycles. The van der Waals surface area contributed by atoms with Crippen LogP contribution < -0.4 is 10.6 Å². The first-order valence-corrected chi connectivity index (χ1v) is 11.7. The fourth-order valence-corrected chi connectivity index (χ4v) is 4.07. The van der Waals surface area contributed by atoms with Crippen LogP contribution in [0.1, 0.15) is 15.9 Å². The Kier molecular flexibility index (Phi) is 7.66. The smallest absolute Gasteiger partial charge is 0.255 e. The first-order valence-electron chi connectivity index (χ1n) is 11.3. The van der Waals surface area contributed by atoms with Crippen LogP contribution in [0.15, 0.2) is 91.0 Å². The van der Waals surface area contributed by atoms with Crippen molar-refractivity contribution in [2.75, 3.05) is 7.05 Å². The summed E-state index contributed by atoms with van der Waals surface area (Å²) in [5.41, 5.74) is 4.12. The van der Waals surface area contributed by atoms with Crippen molar-refractivity contribution < 1.29 is 19.1 Å². The highest BCUT2D eigenvalue weighted by molar-refractivity contribution is 6.31. The fraction of sp³-hybridized carbons (Fsp3) is 0.103. The second kappa shape index (κ2) is 11.1. The molecule has 0 aliphatic rings. The molecule has 0 saturated carbocycles. The van der Waals surface area contributed by atoms with Gasteiger partial charge in [-0.3, -0.25) is 9.59 Å². The lowest BCUT2D eigenvalue weighted by molar-refractivity contribution is -0.122. The average molecular weight is 503 g/mol. The quantitative estimate of drug-likeness (QED) is 0.307. The molecule has 0 heterocycles. The summed E-state index contributed by atoms with van der Waals surface area (Å²) >= 11 is 5.89. The first-order chi connectivity index (χ1) is 17.4. The molecule has 182 valence electrons. The monoisotopic (exact) mass is 502 g/mol. The zero-order valence-corrected chi connectivity index (χ0v) is 20.2. The van der Waals surface area contributed by atoms with Crippen LogP contribution in [-0.4, -0.2) is 30.0 Å². The number of carbonyl (C=O) groups is 2. The first kappa shape index (κ1) is 24.9. The fourth-order valence-electron chi connectivity index (χ4n) is 3.89. The van der Waals surface area contributed by atoms with E-state index >= 15 is 0 Å². The van der Waals surface area contributed by atoms with Gasteiger partial charge in [0.2, 0.25) is 5.91 Å². The van der Waals surface area contributed by atoms with Gasteiger partial charge in [-0.2, -0.15) is 0 Å². The summed E-state index contributed by atoms with van der Waals surface area (Å²) in [6.07, 6.45) is 0.258. The summed E-state index contributed by atoms with van der Waals surface area (Å²) in [6.45, 7) is 0. The van der Waals surface area contributed by atoms with Gasteiger partial charge >= 0.3 is 0 Å². The third-order valence-electron chi connectivity index (χ3n) is 5.86. The minimum atomic E-state index is -0.867. The molecule has 5 nitrogen and oxygen atoms in total. The second-order valence-corrected chi connectivity index (χ2v) is 8.68. The second-order valence-electron chi connectivity index (χ2n) is 8.27. The van der Waals surface area contributed by atoms with Crippen LogP contribution in [0.2, 0.25) is 5.02 Å². The van der Waals surface area contributed by atoms with E-state index in [1.54, 1.807) is 6.07 Å². The highest BCUT2D eigenvalue weighted by atomic mass is 35.5. The van der Waals surface area contributed by atoms with Gasteiger partial charge in [0, 0.05) is 13.5 Å². The standard InChI is InChI=1S/C29H24ClFN2O3/c1-32-29(36)26(15-18-7-9-20(10-8-18)19-5-3-2-4-6-19)33-28(35)23-16-21(12-14-27(23)34)22-11-13-25(31)24(30)17-22/h2-14,16-17,26,34H,15H2,1H3,(H,32,36)(H,33,35). The summed E-state index contributed by atoms with van der Waals surface area (Å²) in [7, 11) is 1.50. The molecule has 0 bridgehead atoms. The third-order valence-corrected chi connectivity index (χ3v) is 6.15. The Morgan fingerprint density at radius 2 is 1.47 bits per heavy atom. The molecule has 0 saturated heterocycles. The van der Waals surface area contributed by atoms with E-state index in [0.717, 1.165) is 16.7 Å². The molecule has 0 aliphatic carbocycles. The maximum atomic E-state index is 13.6. The summed E-state index contributed by atoms with van der Waals surface area (Å²) < 4.78 is 13.6. The Balaban J connectivity index is 1.54. The third kappa shape index (κ3) is 5.73. The van der Waals surface area contributed by atoms with Crippen LogP contribution in [0.4, 0.5) is 4.39 Å². The van der Waals surface area contributed by atoms with Crippen LogP contribution in [-0.2, 0) is 11.2 Å². The zero-order chi connectivity index (χ0) is 25.7. The molecule has 4 rings (SSSR count). The molecule has 36 heavy (non-hydrogen) atoms. The predicted octanol–water partition coefficient (Wildman–Crippen LogP) is 5.61. The van der Waals surface area contributed by atoms with Gasteiger partial charge in [0.1, 0.15) is 17.6 Å². The van der Waals surface area contributed by atoms with Crippen LogP contribution in [0.5, 0.6) is 5.75 Å². The zero-order valence-electron chi connectivity index (χ0n) is 19.5. The summed E-state index contributed by atoms with van der Waals surface area (Å²) in [5, 5.41) is 15.6. The maximum absolute atomic E-state index is 13.6. The molecule has 0 radical (unpaired) electrons. The largest absolute Gasteiger partial charge is 0.507 e. The Morgan fingerprint density at radius 3 is 2.14 bits per heavy atom. The van der Waals surface area contributed by atoms with Gasteiger partial charge < -0.3 is 15.7 Å². The molecule has 3 N–H and O–H groups in total. The van der Waals surface area contributed by atoms with Gasteiger partial charge in [0.15, 0.2) is 0 Å². The molecule has 7 heteroatoms. The van der Waals surface area contributed by atoms with E-state index < -0.39 is 17.8 Å². The van der Waals surface area contributed by atoms with Crippen LogP contribution in [0.25, 0.3) is 22.3 Å². The number of rotatable bonds is 7. The number of benzene rings is 4. The number of likely N-dealkylation sites (N-methyl/N-ethyl adjacent to an activating group) is 1. The average Bonchev–Trinajstić information content (AvgIpc) is 2.90. The van der Waals surface area contributed by atoms with Gasteiger partial charge in [-0.15, -0.1) is 0 Å². The highest BCUT2D eigenvalue weighted by Gasteiger charge is 2.23. The lowest BCUT2D eigenvalue weighted by atomic mass is 9.99. The molecular formula is C29H24ClFN2O3. The molecule has 1 atom stereocenters. The Labute approximate surface area is 213 Å². The number of aromatic hydroxyl groups is 1. The number of phenolic OH excluding ortho intramolecular Hbond substituents is 1. The van der Waals surface area contributed by atoms with Crippen molar-refractivity contribution in [3.63, 3.8) is 0 Å². The van der Waals surface area contributed by atoms with Gasteiger partial charge in [-0.25, -0.2) is 4.39 Å². The van der Waals surface area contributed by atoms with Gasteiger partial charge in [-0.05, 0) is 52.1 Å². The molecule has 1 unspecified atom stereocenters. The van der Waals surface area contributed by atoms with Gasteiger partial charge in [-0.1, -0.05) is 78.3 Å². The predicted molar refractivity (Wildman–Crippen MR) is 139 cm³/mol. The van der Waals surface area contributed by atoms with Crippen LogP contribution in [0, 0.1) is 5.82 Å². The lowest BCUT2D eigenvalue weighted by Gasteiger charge is -2.18. The molecule has 0 spiro atoms. The topological polar surface area (TPSA) is 78.4 Å². The van der Waals surface area contributed by atoms with Crippen molar-refractivity contribution in [1.29, 1.82) is 0 Å². The van der Waals surface area contributed by atoms with Crippen LogP contribution in [0.3, 0.4) is 0 Å². The number of phenols is 1. The Bertz CT molecular complexity index is 1390. The number of nitrogens with one attached hydrogen (secondary N) is 2. The molecule has 2 amide bonds. The minimum absolute atomic E-state index is 0.0127. The summed E-state index contributed by atoms with van der Waals surface area (Å²) in [4.78, 5) is 25.7. The van der Waals surface area contributed by atoms with Crippen molar-refractivity contribution >= 4 is 23.4 Å². The number of hydrogen-bond acceptors (Lipinski definition) is 3. The molecule has 4 aromatic rings. The van der Waals surface area contributed by atoms with E-state index in [2.05, 4.69) is 10.6 Å². The van der Waals surface area contributed by atoms with Crippen molar-refractivity contribution in [2.45, 2.75) is 12.5 Å². The number of halogens is 2. The minimum Gasteiger partial charge on any atom is -0.507 e. The number of carbonyl (C=O) groups excluding carboxylic acids is 2. The number of hydrogen-bond donors (Lipinski definition) is 3. The van der Waals surface area contributed by atoms with E-state index in [0.29, 0.717) is 11.1 Å². The van der Waals surface area contributed by atoms with Crippen molar-refractivity contribution in [2.24, 2.45) is 0 Å². The molecule has 0 aromatic heterocycles. The Hall–Kier alpha value is -4.16. The van der Waals surface area contributed by atoms with Gasteiger partial charge in [0.05, 0.1) is 10.6 Å². The summed E-state index contributed by atoms with van der Waals surface area (Å²) in [5.74, 6) is -1.77. The maximum Gasteiger partial charge on any atom is 0.255 e. The summed E-state index contributed by atoms with van der Waals surface area (Å²) in [6, 6.07) is 25.5. The van der Waals surface area contributed by atoms with E-state index in [1.165, 1.54) is 37.4 Å². The normalized spacial score (nSPS) is 11.5. The van der Waals surface area contributed by atoms with E-state index in [9.17, 15) is 19.1 Å². The molecule has 4 aromatic carbocycles. The molecular weight excluding hydrogens is 479 g/mol.